The third-order valence-corrected chi connectivity index (χ3v) is 10.7. The highest BCUT2D eigenvalue weighted by atomic mass is 15.2. The van der Waals surface area contributed by atoms with E-state index in [0.29, 0.717) is 6.54 Å². The monoisotopic (exact) mass is 665 g/mol. The number of benzene rings is 6. The molecule has 0 fully saturated rings. The van der Waals surface area contributed by atoms with Gasteiger partial charge in [0.25, 0.3) is 0 Å². The Morgan fingerprint density at radius 3 is 2.00 bits per heavy atom. The van der Waals surface area contributed by atoms with Crippen molar-refractivity contribution in [2.75, 3.05) is 11.4 Å². The molecule has 2 N–H and O–H groups in total. The Morgan fingerprint density at radius 1 is 0.519 bits per heavy atom. The summed E-state index contributed by atoms with van der Waals surface area (Å²) in [7, 11) is 0. The van der Waals surface area contributed by atoms with Crippen LogP contribution in [-0.2, 0) is 0 Å². The summed E-state index contributed by atoms with van der Waals surface area (Å²) in [5, 5.41) is 9.21. The summed E-state index contributed by atoms with van der Waals surface area (Å²) in [5.74, 6) is 0.948. The van der Waals surface area contributed by atoms with Crippen LogP contribution in [0.25, 0.3) is 88.3 Å². The predicted octanol–water partition coefficient (Wildman–Crippen LogP) is 11.9. The van der Waals surface area contributed by atoms with Crippen LogP contribution in [0.3, 0.4) is 0 Å². The van der Waals surface area contributed by atoms with Crippen LogP contribution < -0.4 is 4.90 Å². The van der Waals surface area contributed by atoms with E-state index in [1.165, 1.54) is 38.1 Å². The quantitative estimate of drug-likeness (QED) is 0.184. The molecule has 0 aliphatic carbocycles. The molecule has 0 bridgehead atoms. The predicted molar refractivity (Wildman–Crippen MR) is 217 cm³/mol. The van der Waals surface area contributed by atoms with Crippen LogP contribution in [0.4, 0.5) is 11.5 Å². The van der Waals surface area contributed by atoms with Crippen molar-refractivity contribution in [1.29, 1.82) is 0 Å². The van der Waals surface area contributed by atoms with Crippen molar-refractivity contribution < 1.29 is 0 Å². The van der Waals surface area contributed by atoms with Crippen molar-refractivity contribution in [2.24, 2.45) is 0 Å². The van der Waals surface area contributed by atoms with E-state index >= 15 is 0 Å². The Morgan fingerprint density at radius 2 is 1.17 bits per heavy atom. The lowest BCUT2D eigenvalue weighted by molar-refractivity contribution is 1.06. The second kappa shape index (κ2) is 11.3. The molecule has 10 aromatic rings. The zero-order chi connectivity index (χ0) is 34.2. The normalized spacial score (nSPS) is 13.0. The molecule has 0 amide bonds. The second-order valence-corrected chi connectivity index (χ2v) is 13.6. The molecule has 5 heteroatoms. The summed E-state index contributed by atoms with van der Waals surface area (Å²) in [6, 6.07) is 49.6. The minimum Gasteiger partial charge on any atom is -0.360 e. The highest BCUT2D eigenvalue weighted by Crippen LogP contribution is 2.48. The summed E-state index contributed by atoms with van der Waals surface area (Å²) >= 11 is 0. The molecule has 244 valence electrons. The van der Waals surface area contributed by atoms with Crippen LogP contribution in [0.15, 0.2) is 158 Å². The number of aromatic amines is 2. The fraction of sp³-hybridized carbons (Fsp3) is 0.0213. The lowest BCUT2D eigenvalue weighted by atomic mass is 9.84. The van der Waals surface area contributed by atoms with Crippen molar-refractivity contribution in [1.82, 2.24) is 19.9 Å². The minimum atomic E-state index is 0.627. The number of pyridine rings is 2. The van der Waals surface area contributed by atoms with Crippen molar-refractivity contribution in [3.8, 4) is 22.5 Å². The number of rotatable bonds is 4. The third kappa shape index (κ3) is 4.36. The van der Waals surface area contributed by atoms with E-state index in [0.717, 1.165) is 66.8 Å². The van der Waals surface area contributed by atoms with Crippen molar-refractivity contribution in [3.63, 3.8) is 0 Å². The average molecular weight is 666 g/mol. The van der Waals surface area contributed by atoms with Gasteiger partial charge in [0, 0.05) is 62.3 Å². The Kier molecular flexibility index (Phi) is 6.25. The number of hydrogen-bond acceptors (Lipinski definition) is 3. The molecule has 0 saturated carbocycles. The van der Waals surface area contributed by atoms with Crippen LogP contribution in [0.5, 0.6) is 0 Å². The molecule has 0 unspecified atom stereocenters. The maximum atomic E-state index is 5.33. The van der Waals surface area contributed by atoms with E-state index in [2.05, 4.69) is 173 Å². The van der Waals surface area contributed by atoms with Crippen molar-refractivity contribution >= 4 is 77.3 Å². The van der Waals surface area contributed by atoms with Crippen LogP contribution >= 0.6 is 0 Å². The van der Waals surface area contributed by atoms with Gasteiger partial charge in [-0.1, -0.05) is 109 Å². The first-order valence-electron chi connectivity index (χ1n) is 17.7. The summed E-state index contributed by atoms with van der Waals surface area (Å²) < 4.78 is 0. The van der Waals surface area contributed by atoms with Gasteiger partial charge in [-0.3, -0.25) is 0 Å². The molecule has 0 atom stereocenters. The standard InChI is InChI=1S/C47H31N5/c1-8-18-37-29(11-1)21-22-48-47(37)52-28-34(23-31-13-5-10-20-42(31)52)43-39(45-35-16-6-2-14-32(35)26-49-45)25-41-38(24-30-12-4-9-19-40(30)51-41)44(43)46-36-17-7-3-15-33(36)27-50-46/h1-27,49-50H,28H2. The smallest absolute Gasteiger partial charge is 0.141 e. The number of nitrogens with zero attached hydrogens (tertiary/aromatic N) is 3. The molecule has 6 aromatic carbocycles. The topological polar surface area (TPSA) is 60.6 Å². The highest BCUT2D eigenvalue weighted by molar-refractivity contribution is 6.16. The Hall–Kier alpha value is -6.98. The molecule has 0 saturated heterocycles. The number of H-pyrrole nitrogens is 2. The summed E-state index contributed by atoms with van der Waals surface area (Å²) in [6.45, 7) is 0.627. The van der Waals surface area contributed by atoms with Crippen LogP contribution in [0, 0.1) is 0 Å². The molecule has 1 aliphatic heterocycles. The highest BCUT2D eigenvalue weighted by Gasteiger charge is 2.29. The number of aromatic nitrogens is 4. The van der Waals surface area contributed by atoms with Gasteiger partial charge in [0.05, 0.1) is 29.0 Å². The van der Waals surface area contributed by atoms with E-state index < -0.39 is 0 Å². The molecule has 5 nitrogen and oxygen atoms in total. The molecular formula is C47H31N5. The van der Waals surface area contributed by atoms with E-state index in [1.807, 2.05) is 6.20 Å². The lowest BCUT2D eigenvalue weighted by Gasteiger charge is -2.33. The first kappa shape index (κ1) is 28.8. The van der Waals surface area contributed by atoms with Crippen LogP contribution in [0.2, 0.25) is 0 Å². The number of nitrogens with one attached hydrogen (secondary N) is 2. The lowest BCUT2D eigenvalue weighted by Crippen LogP contribution is -2.25. The number of anilines is 2. The van der Waals surface area contributed by atoms with Gasteiger partial charge in [-0.2, -0.15) is 0 Å². The molecular weight excluding hydrogens is 635 g/mol. The Bertz CT molecular complexity index is 3070. The first-order valence-corrected chi connectivity index (χ1v) is 17.7. The fourth-order valence-corrected chi connectivity index (χ4v) is 8.30. The number of para-hydroxylation sites is 2. The summed E-state index contributed by atoms with van der Waals surface area (Å²) in [5.41, 5.74) is 11.0. The summed E-state index contributed by atoms with van der Waals surface area (Å²) in [4.78, 5) is 20.2. The molecule has 5 heterocycles. The van der Waals surface area contributed by atoms with E-state index in [4.69, 9.17) is 9.97 Å². The van der Waals surface area contributed by atoms with Gasteiger partial charge in [-0.15, -0.1) is 0 Å². The number of hydrogen-bond donors (Lipinski definition) is 2. The van der Waals surface area contributed by atoms with Gasteiger partial charge in [-0.25, -0.2) is 9.97 Å². The van der Waals surface area contributed by atoms with E-state index in [-0.39, 0.29) is 0 Å². The first-order chi connectivity index (χ1) is 25.8. The zero-order valence-corrected chi connectivity index (χ0v) is 28.1. The fourth-order valence-electron chi connectivity index (χ4n) is 8.30. The van der Waals surface area contributed by atoms with Crippen molar-refractivity contribution in [3.05, 3.63) is 169 Å². The van der Waals surface area contributed by atoms with Gasteiger partial charge in [0.1, 0.15) is 5.82 Å². The van der Waals surface area contributed by atoms with Crippen LogP contribution in [-0.4, -0.2) is 26.5 Å². The molecule has 1 aliphatic rings. The van der Waals surface area contributed by atoms with Gasteiger partial charge < -0.3 is 14.9 Å². The molecule has 4 aromatic heterocycles. The molecule has 11 rings (SSSR count). The van der Waals surface area contributed by atoms with Gasteiger partial charge in [0.15, 0.2) is 0 Å². The maximum Gasteiger partial charge on any atom is 0.141 e. The Balaban J connectivity index is 1.29. The number of fused-ring (bicyclic) bond motifs is 6. The SMILES string of the molecule is C1=C(c2c(-c3[nH]cc4ccccc34)cc3nc4ccccc4cc3c2-c2[nH]cc3ccccc23)CN(c2nccc3ccccc23)c2ccccc21. The van der Waals surface area contributed by atoms with Crippen LogP contribution in [0.1, 0.15) is 11.1 Å². The molecule has 52 heavy (non-hydrogen) atoms. The Labute approximate surface area is 299 Å². The average Bonchev–Trinajstić information content (AvgIpc) is 3.84. The van der Waals surface area contributed by atoms with E-state index in [9.17, 15) is 0 Å². The van der Waals surface area contributed by atoms with Gasteiger partial charge in [-0.05, 0) is 69.3 Å². The van der Waals surface area contributed by atoms with Gasteiger partial charge >= 0.3 is 0 Å². The largest absolute Gasteiger partial charge is 0.360 e. The zero-order valence-electron chi connectivity index (χ0n) is 28.1. The minimum absolute atomic E-state index is 0.627. The maximum absolute atomic E-state index is 5.33. The van der Waals surface area contributed by atoms with Gasteiger partial charge in [0.2, 0.25) is 0 Å². The molecule has 0 spiro atoms. The molecule has 0 radical (unpaired) electrons. The third-order valence-electron chi connectivity index (χ3n) is 10.7. The van der Waals surface area contributed by atoms with Crippen molar-refractivity contribution in [2.45, 2.75) is 0 Å². The van der Waals surface area contributed by atoms with E-state index in [1.54, 1.807) is 0 Å². The summed E-state index contributed by atoms with van der Waals surface area (Å²) in [6.07, 6.45) is 8.56. The second-order valence-electron chi connectivity index (χ2n) is 13.6.